The molecule has 3 heterocycles. The van der Waals surface area contributed by atoms with E-state index in [4.69, 9.17) is 9.52 Å². The van der Waals surface area contributed by atoms with E-state index in [-0.39, 0.29) is 5.76 Å². The molecule has 8 nitrogen and oxygen atoms in total. The fourth-order valence-electron chi connectivity index (χ4n) is 2.83. The number of carbonyl (C=O) groups is 1. The maximum absolute atomic E-state index is 11.0. The number of benzene rings is 1. The zero-order valence-electron chi connectivity index (χ0n) is 14.5. The topological polar surface area (TPSA) is 98.2 Å². The predicted molar refractivity (Wildman–Crippen MR) is 102 cm³/mol. The SMILES string of the molecule is CN=CNc1ncnc2c1c(-c1ccc(C=O)o1)nn2Cc1ccccc1. The molecule has 0 saturated carbocycles. The fourth-order valence-corrected chi connectivity index (χ4v) is 2.83. The maximum atomic E-state index is 11.0. The van der Waals surface area contributed by atoms with Gasteiger partial charge in [0.25, 0.3) is 0 Å². The van der Waals surface area contributed by atoms with Crippen molar-refractivity contribution < 1.29 is 9.21 Å². The molecule has 4 aromatic rings. The van der Waals surface area contributed by atoms with Gasteiger partial charge in [0, 0.05) is 7.05 Å². The van der Waals surface area contributed by atoms with Crippen LogP contribution in [0.3, 0.4) is 0 Å². The van der Waals surface area contributed by atoms with E-state index in [2.05, 4.69) is 20.3 Å². The summed E-state index contributed by atoms with van der Waals surface area (Å²) in [6, 6.07) is 13.3. The summed E-state index contributed by atoms with van der Waals surface area (Å²) >= 11 is 0. The molecule has 0 amide bonds. The molecule has 1 N–H and O–H groups in total. The number of carbonyl (C=O) groups excluding carboxylic acids is 1. The Bertz CT molecular complexity index is 1110. The summed E-state index contributed by atoms with van der Waals surface area (Å²) in [7, 11) is 1.66. The summed E-state index contributed by atoms with van der Waals surface area (Å²) < 4.78 is 7.38. The molecule has 0 fully saturated rings. The summed E-state index contributed by atoms with van der Waals surface area (Å²) in [6.45, 7) is 0.539. The predicted octanol–water partition coefficient (Wildman–Crippen LogP) is 3.02. The first-order valence-corrected chi connectivity index (χ1v) is 8.28. The Hall–Kier alpha value is -3.81. The number of furan rings is 1. The average Bonchev–Trinajstić information content (AvgIpc) is 3.32. The number of anilines is 1. The van der Waals surface area contributed by atoms with Gasteiger partial charge in [0.1, 0.15) is 17.8 Å². The van der Waals surface area contributed by atoms with Gasteiger partial charge in [-0.2, -0.15) is 5.10 Å². The van der Waals surface area contributed by atoms with Crippen LogP contribution >= 0.6 is 0 Å². The third-order valence-corrected chi connectivity index (χ3v) is 4.01. The number of nitrogens with zero attached hydrogens (tertiary/aromatic N) is 5. The Morgan fingerprint density at radius 1 is 1.19 bits per heavy atom. The average molecular weight is 360 g/mol. The minimum absolute atomic E-state index is 0.234. The van der Waals surface area contributed by atoms with Gasteiger partial charge in [0.15, 0.2) is 23.5 Å². The first-order valence-electron chi connectivity index (χ1n) is 8.28. The Labute approximate surface area is 154 Å². The zero-order chi connectivity index (χ0) is 18.6. The summed E-state index contributed by atoms with van der Waals surface area (Å²) in [6.07, 6.45) is 3.67. The quantitative estimate of drug-likeness (QED) is 0.322. The largest absolute Gasteiger partial charge is 0.452 e. The van der Waals surface area contributed by atoms with Crippen LogP contribution in [0.25, 0.3) is 22.5 Å². The van der Waals surface area contributed by atoms with Crippen molar-refractivity contribution in [2.45, 2.75) is 6.54 Å². The summed E-state index contributed by atoms with van der Waals surface area (Å²) in [5.74, 6) is 1.27. The first kappa shape index (κ1) is 16.6. The Morgan fingerprint density at radius 2 is 2.04 bits per heavy atom. The first-order chi connectivity index (χ1) is 13.3. The van der Waals surface area contributed by atoms with E-state index in [1.807, 2.05) is 30.3 Å². The number of hydrogen-bond acceptors (Lipinski definition) is 6. The molecule has 0 aliphatic heterocycles. The Morgan fingerprint density at radius 3 is 2.78 bits per heavy atom. The van der Waals surface area contributed by atoms with Crippen LogP contribution in [0, 0.1) is 0 Å². The van der Waals surface area contributed by atoms with E-state index < -0.39 is 0 Å². The van der Waals surface area contributed by atoms with Gasteiger partial charge < -0.3 is 9.73 Å². The van der Waals surface area contributed by atoms with Gasteiger partial charge >= 0.3 is 0 Å². The van der Waals surface area contributed by atoms with E-state index in [0.29, 0.717) is 41.1 Å². The number of rotatable bonds is 6. The van der Waals surface area contributed by atoms with Gasteiger partial charge in [0.2, 0.25) is 0 Å². The molecule has 134 valence electrons. The smallest absolute Gasteiger partial charge is 0.185 e. The van der Waals surface area contributed by atoms with Gasteiger partial charge in [-0.3, -0.25) is 9.79 Å². The number of aldehydes is 1. The second-order valence-corrected chi connectivity index (χ2v) is 5.76. The van der Waals surface area contributed by atoms with Crippen LogP contribution in [0.4, 0.5) is 5.82 Å². The highest BCUT2D eigenvalue weighted by molar-refractivity contribution is 6.01. The molecule has 0 aliphatic rings. The highest BCUT2D eigenvalue weighted by Crippen LogP contribution is 2.32. The summed E-state index contributed by atoms with van der Waals surface area (Å²) in [5, 5.41) is 8.42. The molecular formula is C19H16N6O2. The van der Waals surface area contributed by atoms with E-state index in [9.17, 15) is 4.79 Å². The Kier molecular flexibility index (Phi) is 4.44. The monoisotopic (exact) mass is 360 g/mol. The molecule has 0 saturated heterocycles. The summed E-state index contributed by atoms with van der Waals surface area (Å²) in [5.41, 5.74) is 2.30. The lowest BCUT2D eigenvalue weighted by Crippen LogP contribution is -2.03. The normalized spacial score (nSPS) is 11.3. The molecule has 0 bridgehead atoms. The molecule has 3 aromatic heterocycles. The fraction of sp³-hybridized carbons (Fsp3) is 0.105. The molecule has 4 rings (SSSR count). The molecule has 0 spiro atoms. The van der Waals surface area contributed by atoms with Crippen LogP contribution in [0.1, 0.15) is 16.1 Å². The van der Waals surface area contributed by atoms with E-state index in [1.54, 1.807) is 30.2 Å². The van der Waals surface area contributed by atoms with Crippen molar-refractivity contribution in [1.82, 2.24) is 19.7 Å². The number of fused-ring (bicyclic) bond motifs is 1. The zero-order valence-corrected chi connectivity index (χ0v) is 14.5. The number of hydrogen-bond donors (Lipinski definition) is 1. The van der Waals surface area contributed by atoms with Crippen LogP contribution in [0.5, 0.6) is 0 Å². The van der Waals surface area contributed by atoms with Crippen LogP contribution < -0.4 is 5.32 Å². The summed E-state index contributed by atoms with van der Waals surface area (Å²) in [4.78, 5) is 23.6. The van der Waals surface area contributed by atoms with Gasteiger partial charge in [-0.05, 0) is 17.7 Å². The van der Waals surface area contributed by atoms with Crippen LogP contribution in [-0.2, 0) is 6.54 Å². The molecule has 0 atom stereocenters. The molecular weight excluding hydrogens is 344 g/mol. The highest BCUT2D eigenvalue weighted by Gasteiger charge is 2.20. The van der Waals surface area contributed by atoms with Gasteiger partial charge in [-0.25, -0.2) is 14.6 Å². The maximum Gasteiger partial charge on any atom is 0.185 e. The molecule has 27 heavy (non-hydrogen) atoms. The lowest BCUT2D eigenvalue weighted by molar-refractivity contribution is 0.110. The third kappa shape index (κ3) is 3.20. The molecule has 0 radical (unpaired) electrons. The highest BCUT2D eigenvalue weighted by atomic mass is 16.3. The van der Waals surface area contributed by atoms with Crippen LogP contribution in [0.2, 0.25) is 0 Å². The van der Waals surface area contributed by atoms with Crippen molar-refractivity contribution in [3.8, 4) is 11.5 Å². The van der Waals surface area contributed by atoms with Gasteiger partial charge in [-0.15, -0.1) is 0 Å². The lowest BCUT2D eigenvalue weighted by atomic mass is 10.2. The van der Waals surface area contributed by atoms with Crippen molar-refractivity contribution in [2.24, 2.45) is 4.99 Å². The molecule has 0 unspecified atom stereocenters. The van der Waals surface area contributed by atoms with Crippen molar-refractivity contribution in [3.05, 3.63) is 60.1 Å². The molecule has 8 heteroatoms. The van der Waals surface area contributed by atoms with E-state index in [0.717, 1.165) is 5.56 Å². The van der Waals surface area contributed by atoms with Gasteiger partial charge in [-0.1, -0.05) is 30.3 Å². The van der Waals surface area contributed by atoms with Crippen LogP contribution in [-0.4, -0.2) is 39.4 Å². The number of aromatic nitrogens is 4. The third-order valence-electron chi connectivity index (χ3n) is 4.01. The minimum Gasteiger partial charge on any atom is -0.452 e. The molecule has 1 aromatic carbocycles. The van der Waals surface area contributed by atoms with Gasteiger partial charge in [0.05, 0.1) is 18.3 Å². The minimum atomic E-state index is 0.234. The second-order valence-electron chi connectivity index (χ2n) is 5.76. The van der Waals surface area contributed by atoms with Crippen molar-refractivity contribution in [1.29, 1.82) is 0 Å². The standard InChI is InChI=1S/C19H16N6O2/c1-20-11-21-18-16-17(15-8-7-14(10-26)27-15)24-25(19(16)23-12-22-18)9-13-5-3-2-4-6-13/h2-8,10-12H,9H2,1H3,(H,20,21,22,23). The Balaban J connectivity index is 1.90. The van der Waals surface area contributed by atoms with E-state index in [1.165, 1.54) is 6.33 Å². The molecule has 0 aliphatic carbocycles. The second kappa shape index (κ2) is 7.20. The van der Waals surface area contributed by atoms with Crippen molar-refractivity contribution in [2.75, 3.05) is 12.4 Å². The number of aliphatic imine (C=N–C) groups is 1. The van der Waals surface area contributed by atoms with Crippen molar-refractivity contribution >= 4 is 29.5 Å². The lowest BCUT2D eigenvalue weighted by Gasteiger charge is -2.04. The van der Waals surface area contributed by atoms with Crippen LogP contribution in [0.15, 0.2) is 58.2 Å². The van der Waals surface area contributed by atoms with Crippen molar-refractivity contribution in [3.63, 3.8) is 0 Å². The van der Waals surface area contributed by atoms with E-state index >= 15 is 0 Å². The number of nitrogens with one attached hydrogen (secondary N) is 1.